The molecule has 0 bridgehead atoms. The summed E-state index contributed by atoms with van der Waals surface area (Å²) in [6, 6.07) is 11.9. The third-order valence-corrected chi connectivity index (χ3v) is 3.99. The molecule has 0 aliphatic rings. The van der Waals surface area contributed by atoms with Gasteiger partial charge in [-0.3, -0.25) is 0 Å². The van der Waals surface area contributed by atoms with Crippen LogP contribution in [0.3, 0.4) is 0 Å². The predicted octanol–water partition coefficient (Wildman–Crippen LogP) is 3.56. The van der Waals surface area contributed by atoms with Crippen LogP contribution in [-0.4, -0.2) is 28.0 Å². The average Bonchev–Trinajstić information content (AvgIpc) is 2.97. The minimum absolute atomic E-state index is 0.188. The molecule has 0 amide bonds. The number of H-pyrrole nitrogens is 1. The van der Waals surface area contributed by atoms with E-state index in [-0.39, 0.29) is 5.69 Å². The maximum absolute atomic E-state index is 11.9. The van der Waals surface area contributed by atoms with Crippen LogP contribution in [0.25, 0.3) is 22.0 Å². The van der Waals surface area contributed by atoms with E-state index in [9.17, 15) is 4.79 Å². The second kappa shape index (κ2) is 5.65. The molecule has 106 valence electrons. The van der Waals surface area contributed by atoms with Gasteiger partial charge in [-0.2, -0.15) is 10.3 Å². The van der Waals surface area contributed by atoms with Gasteiger partial charge in [0.15, 0.2) is 5.69 Å². The molecule has 0 spiro atoms. The zero-order chi connectivity index (χ0) is 14.8. The summed E-state index contributed by atoms with van der Waals surface area (Å²) in [5.74, 6) is -0.485. The molecular weight excluding hydrogens is 334 g/mol. The van der Waals surface area contributed by atoms with Crippen LogP contribution in [0.2, 0.25) is 0 Å². The first kappa shape index (κ1) is 13.8. The summed E-state index contributed by atoms with van der Waals surface area (Å²) in [6.07, 6.45) is 0. The van der Waals surface area contributed by atoms with Crippen LogP contribution in [-0.2, 0) is 4.74 Å². The number of rotatable bonds is 3. The second-order valence-corrected chi connectivity index (χ2v) is 5.18. The molecule has 3 rings (SSSR count). The van der Waals surface area contributed by atoms with E-state index in [4.69, 9.17) is 4.74 Å². The summed E-state index contributed by atoms with van der Waals surface area (Å²) in [7, 11) is 0. The van der Waals surface area contributed by atoms with E-state index >= 15 is 0 Å². The molecule has 0 fully saturated rings. The number of ether oxygens (including phenoxy) is 1. The van der Waals surface area contributed by atoms with Gasteiger partial charge in [0.1, 0.15) is 5.69 Å². The Morgan fingerprint density at radius 3 is 2.86 bits per heavy atom. The lowest BCUT2D eigenvalue weighted by molar-refractivity contribution is 0.0520. The smallest absolute Gasteiger partial charge is 0.361 e. The lowest BCUT2D eigenvalue weighted by Gasteiger charge is -2.07. The van der Waals surface area contributed by atoms with Crippen LogP contribution in [0.15, 0.2) is 40.9 Å². The molecule has 0 aliphatic heterocycles. The van der Waals surface area contributed by atoms with Gasteiger partial charge in [-0.05, 0) is 33.6 Å². The molecule has 5 nitrogen and oxygen atoms in total. The predicted molar refractivity (Wildman–Crippen MR) is 83.0 cm³/mol. The van der Waals surface area contributed by atoms with Crippen LogP contribution in [0, 0.1) is 0 Å². The number of halogens is 1. The summed E-state index contributed by atoms with van der Waals surface area (Å²) in [6.45, 7) is 2.05. The van der Waals surface area contributed by atoms with Crippen LogP contribution in [0.5, 0.6) is 0 Å². The van der Waals surface area contributed by atoms with Crippen molar-refractivity contribution in [1.82, 2.24) is 15.4 Å². The number of nitrogens with zero attached hydrogens (tertiary/aromatic N) is 2. The largest absolute Gasteiger partial charge is 0.461 e. The van der Waals surface area contributed by atoms with Gasteiger partial charge in [-0.25, -0.2) is 4.79 Å². The average molecular weight is 346 g/mol. The lowest BCUT2D eigenvalue weighted by atomic mass is 10.0. The quantitative estimate of drug-likeness (QED) is 0.737. The number of hydrogen-bond donors (Lipinski definition) is 1. The number of carbonyl (C=O) groups is 1. The third-order valence-electron chi connectivity index (χ3n) is 3.14. The number of carbonyl (C=O) groups excluding carboxylic acids is 1. The van der Waals surface area contributed by atoms with Gasteiger partial charge < -0.3 is 4.74 Å². The Morgan fingerprint density at radius 1 is 1.24 bits per heavy atom. The van der Waals surface area contributed by atoms with Crippen LogP contribution < -0.4 is 0 Å². The van der Waals surface area contributed by atoms with E-state index in [2.05, 4.69) is 31.3 Å². The maximum Gasteiger partial charge on any atom is 0.361 e. The highest BCUT2D eigenvalue weighted by Crippen LogP contribution is 2.34. The van der Waals surface area contributed by atoms with Gasteiger partial charge in [0.25, 0.3) is 0 Å². The molecule has 1 N–H and O–H groups in total. The zero-order valence-corrected chi connectivity index (χ0v) is 12.8. The highest BCUT2D eigenvalue weighted by molar-refractivity contribution is 9.10. The highest BCUT2D eigenvalue weighted by atomic mass is 79.9. The van der Waals surface area contributed by atoms with Gasteiger partial charge in [0.2, 0.25) is 0 Å². The van der Waals surface area contributed by atoms with E-state index in [1.165, 1.54) is 0 Å². The van der Waals surface area contributed by atoms with Crippen molar-refractivity contribution < 1.29 is 9.53 Å². The maximum atomic E-state index is 11.9. The fourth-order valence-electron chi connectivity index (χ4n) is 2.18. The number of aromatic amines is 1. The summed E-state index contributed by atoms with van der Waals surface area (Å²) in [5.41, 5.74) is 1.46. The molecule has 0 saturated carbocycles. The molecule has 3 aromatic rings. The van der Waals surface area contributed by atoms with Crippen molar-refractivity contribution in [3.05, 3.63) is 46.6 Å². The van der Waals surface area contributed by atoms with Crippen molar-refractivity contribution in [2.45, 2.75) is 6.92 Å². The lowest BCUT2D eigenvalue weighted by Crippen LogP contribution is -2.06. The number of hydrogen-bond acceptors (Lipinski definition) is 4. The first-order chi connectivity index (χ1) is 10.2. The Morgan fingerprint density at radius 2 is 2.05 bits per heavy atom. The van der Waals surface area contributed by atoms with Gasteiger partial charge in [0.05, 0.1) is 6.61 Å². The van der Waals surface area contributed by atoms with Crippen molar-refractivity contribution >= 4 is 32.7 Å². The molecule has 2 aromatic carbocycles. The Bertz CT molecular complexity index is 814. The standard InChI is InChI=1S/C15H12BrN3O2/c1-2-21-15(20)14-13(17-19-18-14)11-8-7-9-5-3-4-6-10(9)12(11)16/h3-8H,2H2,1H3,(H,17,18,19). The number of benzene rings is 2. The first-order valence-corrected chi connectivity index (χ1v) is 7.27. The van der Waals surface area contributed by atoms with Crippen molar-refractivity contribution in [1.29, 1.82) is 0 Å². The van der Waals surface area contributed by atoms with E-state index in [0.717, 1.165) is 20.8 Å². The Kier molecular flexibility index (Phi) is 3.70. The fraction of sp³-hybridized carbons (Fsp3) is 0.133. The number of nitrogens with one attached hydrogen (secondary N) is 1. The Labute approximate surface area is 129 Å². The molecule has 0 unspecified atom stereocenters. The normalized spacial score (nSPS) is 10.8. The highest BCUT2D eigenvalue weighted by Gasteiger charge is 2.21. The van der Waals surface area contributed by atoms with Crippen LogP contribution in [0.1, 0.15) is 17.4 Å². The van der Waals surface area contributed by atoms with E-state index in [1.807, 2.05) is 36.4 Å². The summed E-state index contributed by atoms with van der Waals surface area (Å²) in [5, 5.41) is 12.6. The van der Waals surface area contributed by atoms with E-state index in [1.54, 1.807) is 6.92 Å². The van der Waals surface area contributed by atoms with Gasteiger partial charge >= 0.3 is 5.97 Å². The Balaban J connectivity index is 2.16. The number of esters is 1. The van der Waals surface area contributed by atoms with Crippen molar-refractivity contribution in [3.8, 4) is 11.3 Å². The minimum Gasteiger partial charge on any atom is -0.461 e. The summed E-state index contributed by atoms with van der Waals surface area (Å²) < 4.78 is 5.87. The number of aromatic nitrogens is 3. The molecule has 0 saturated heterocycles. The van der Waals surface area contributed by atoms with Crippen LogP contribution >= 0.6 is 15.9 Å². The summed E-state index contributed by atoms with van der Waals surface area (Å²) in [4.78, 5) is 11.9. The minimum atomic E-state index is -0.485. The molecule has 6 heteroatoms. The van der Waals surface area contributed by atoms with Crippen molar-refractivity contribution in [3.63, 3.8) is 0 Å². The first-order valence-electron chi connectivity index (χ1n) is 6.48. The molecule has 21 heavy (non-hydrogen) atoms. The van der Waals surface area contributed by atoms with Crippen LogP contribution in [0.4, 0.5) is 0 Å². The molecule has 0 radical (unpaired) electrons. The third kappa shape index (κ3) is 2.42. The van der Waals surface area contributed by atoms with Crippen molar-refractivity contribution in [2.24, 2.45) is 0 Å². The monoisotopic (exact) mass is 345 g/mol. The zero-order valence-electron chi connectivity index (χ0n) is 11.3. The topological polar surface area (TPSA) is 67.9 Å². The molecule has 0 aliphatic carbocycles. The van der Waals surface area contributed by atoms with E-state index in [0.29, 0.717) is 12.3 Å². The summed E-state index contributed by atoms with van der Waals surface area (Å²) >= 11 is 3.59. The molecule has 1 aromatic heterocycles. The second-order valence-electron chi connectivity index (χ2n) is 4.39. The van der Waals surface area contributed by atoms with Crippen molar-refractivity contribution in [2.75, 3.05) is 6.61 Å². The molecule has 0 atom stereocenters. The fourth-order valence-corrected chi connectivity index (χ4v) is 2.86. The molecule has 1 heterocycles. The molecular formula is C15H12BrN3O2. The van der Waals surface area contributed by atoms with E-state index < -0.39 is 5.97 Å². The van der Waals surface area contributed by atoms with Gasteiger partial charge in [-0.15, -0.1) is 5.10 Å². The number of fused-ring (bicyclic) bond motifs is 1. The van der Waals surface area contributed by atoms with Gasteiger partial charge in [0, 0.05) is 10.0 Å². The van der Waals surface area contributed by atoms with Gasteiger partial charge in [-0.1, -0.05) is 36.4 Å². The Hall–Kier alpha value is -2.21. The SMILES string of the molecule is CCOC(=O)c1n[nH]nc1-c1ccc2ccccc2c1Br.